The van der Waals surface area contributed by atoms with Gasteiger partial charge in [-0.1, -0.05) is 17.7 Å². The average Bonchev–Trinajstić information content (AvgIpc) is 2.62. The van der Waals surface area contributed by atoms with Gasteiger partial charge in [-0.05, 0) is 25.1 Å². The molecule has 2 rings (SSSR count). The number of amides is 4. The van der Waals surface area contributed by atoms with Crippen LogP contribution in [0.1, 0.15) is 5.56 Å². The number of benzene rings is 2. The number of hydrogen-bond acceptors (Lipinski definition) is 7. The highest BCUT2D eigenvalue weighted by Gasteiger charge is 2.27. The highest BCUT2D eigenvalue weighted by atomic mass is 32.2. The monoisotopic (exact) mass is 422 g/mol. The fourth-order valence-corrected chi connectivity index (χ4v) is 3.20. The summed E-state index contributed by atoms with van der Waals surface area (Å²) in [5, 5.41) is 15.0. The number of nitrogens with zero attached hydrogens (tertiary/aromatic N) is 2. The molecule has 0 aliphatic heterocycles. The van der Waals surface area contributed by atoms with Gasteiger partial charge in [-0.25, -0.2) is 18.0 Å². The number of urea groups is 2. The number of nitrogens with one attached hydrogen (secondary N) is 2. The smallest absolute Gasteiger partial charge is 0.343 e. The van der Waals surface area contributed by atoms with Gasteiger partial charge in [0.15, 0.2) is 0 Å². The van der Waals surface area contributed by atoms with E-state index in [0.717, 1.165) is 17.9 Å². The molecule has 0 saturated heterocycles. The van der Waals surface area contributed by atoms with Crippen LogP contribution >= 0.6 is 0 Å². The van der Waals surface area contributed by atoms with E-state index < -0.39 is 27.0 Å². The summed E-state index contributed by atoms with van der Waals surface area (Å²) >= 11 is 0. The maximum absolute atomic E-state index is 12.4. The van der Waals surface area contributed by atoms with Crippen molar-refractivity contribution in [2.45, 2.75) is 6.92 Å². The first-order valence-corrected chi connectivity index (χ1v) is 9.89. The number of imide groups is 1. The molecular weight excluding hydrogens is 404 g/mol. The van der Waals surface area contributed by atoms with Crippen molar-refractivity contribution in [2.75, 3.05) is 23.0 Å². The first kappa shape index (κ1) is 21.6. The van der Waals surface area contributed by atoms with Crippen LogP contribution in [0.2, 0.25) is 0 Å². The van der Waals surface area contributed by atoms with Crippen LogP contribution in [0.25, 0.3) is 0 Å². The summed E-state index contributed by atoms with van der Waals surface area (Å²) in [4.78, 5) is 34.9. The molecule has 0 aliphatic rings. The van der Waals surface area contributed by atoms with Gasteiger partial charge in [0.25, 0.3) is 5.69 Å². The van der Waals surface area contributed by atoms with Crippen LogP contribution < -0.4 is 19.7 Å². The lowest BCUT2D eigenvalue weighted by atomic mass is 10.2. The first-order chi connectivity index (χ1) is 13.5. The number of ether oxygens (including phenoxy) is 1. The van der Waals surface area contributed by atoms with E-state index in [1.54, 1.807) is 19.1 Å². The van der Waals surface area contributed by atoms with Gasteiger partial charge in [0.2, 0.25) is 10.0 Å². The molecule has 2 N–H and O–H groups in total. The minimum atomic E-state index is -4.05. The molecule has 0 aromatic heterocycles. The summed E-state index contributed by atoms with van der Waals surface area (Å²) in [5.41, 5.74) is 0.493. The predicted molar refractivity (Wildman–Crippen MR) is 106 cm³/mol. The fourth-order valence-electron chi connectivity index (χ4n) is 2.35. The Morgan fingerprint density at radius 2 is 1.76 bits per heavy atom. The molecule has 0 atom stereocenters. The van der Waals surface area contributed by atoms with Crippen molar-refractivity contribution in [2.24, 2.45) is 0 Å². The van der Waals surface area contributed by atoms with Crippen molar-refractivity contribution in [1.82, 2.24) is 5.32 Å². The molecule has 0 spiro atoms. The SMILES string of the molecule is COc1ccc([N+](=O)[O-])cc1NC(=O)NC(=O)N(c1ccc(C)cc1)S(C)(=O)=O. The molecule has 0 aliphatic carbocycles. The number of nitro groups is 1. The number of aryl methyl sites for hydroxylation is 1. The fraction of sp³-hybridized carbons (Fsp3) is 0.176. The van der Waals surface area contributed by atoms with Crippen molar-refractivity contribution in [1.29, 1.82) is 0 Å². The molecular formula is C17H18N4O7S. The van der Waals surface area contributed by atoms with Crippen LogP contribution in [-0.2, 0) is 10.0 Å². The van der Waals surface area contributed by atoms with E-state index in [9.17, 15) is 28.1 Å². The molecule has 2 aromatic rings. The van der Waals surface area contributed by atoms with Gasteiger partial charge in [-0.3, -0.25) is 15.4 Å². The Balaban J connectivity index is 2.24. The van der Waals surface area contributed by atoms with Crippen molar-refractivity contribution in [3.8, 4) is 5.75 Å². The van der Waals surface area contributed by atoms with E-state index in [0.29, 0.717) is 4.31 Å². The summed E-state index contributed by atoms with van der Waals surface area (Å²) in [7, 11) is -2.76. The third-order valence-electron chi connectivity index (χ3n) is 3.65. The molecule has 4 amide bonds. The normalized spacial score (nSPS) is 10.7. The van der Waals surface area contributed by atoms with E-state index in [1.165, 1.54) is 31.4 Å². The maximum Gasteiger partial charge on any atom is 0.343 e. The van der Waals surface area contributed by atoms with Crippen LogP contribution in [0.5, 0.6) is 5.75 Å². The van der Waals surface area contributed by atoms with Crippen LogP contribution in [0, 0.1) is 17.0 Å². The number of anilines is 2. The lowest BCUT2D eigenvalue weighted by Crippen LogP contribution is -2.47. The Morgan fingerprint density at radius 1 is 1.14 bits per heavy atom. The zero-order valence-electron chi connectivity index (χ0n) is 15.7. The number of rotatable bonds is 5. The molecule has 29 heavy (non-hydrogen) atoms. The van der Waals surface area contributed by atoms with Gasteiger partial charge in [0.05, 0.1) is 29.7 Å². The zero-order chi connectivity index (χ0) is 21.8. The number of carbonyl (C=O) groups is 2. The maximum atomic E-state index is 12.4. The standard InChI is InChI=1S/C17H18N4O7S/c1-11-4-6-12(7-5-11)20(29(3,26)27)17(23)19-16(22)18-14-10-13(21(24)25)8-9-15(14)28-2/h4-10H,1-3H3,(H2,18,19,22,23). The van der Waals surface area contributed by atoms with Gasteiger partial charge >= 0.3 is 12.1 Å². The van der Waals surface area contributed by atoms with Gasteiger partial charge in [-0.15, -0.1) is 0 Å². The van der Waals surface area contributed by atoms with Crippen molar-refractivity contribution >= 4 is 39.1 Å². The van der Waals surface area contributed by atoms with Crippen molar-refractivity contribution < 1.29 is 27.7 Å². The Morgan fingerprint density at radius 3 is 2.28 bits per heavy atom. The van der Waals surface area contributed by atoms with E-state index >= 15 is 0 Å². The van der Waals surface area contributed by atoms with E-state index in [-0.39, 0.29) is 22.8 Å². The van der Waals surface area contributed by atoms with Crippen molar-refractivity contribution in [3.63, 3.8) is 0 Å². The number of nitro benzene ring substituents is 1. The molecule has 154 valence electrons. The quantitative estimate of drug-likeness (QED) is 0.556. The second-order valence-corrected chi connectivity index (χ2v) is 7.72. The van der Waals surface area contributed by atoms with Gasteiger partial charge in [0, 0.05) is 12.1 Å². The van der Waals surface area contributed by atoms with Crippen molar-refractivity contribution in [3.05, 3.63) is 58.1 Å². The van der Waals surface area contributed by atoms with Gasteiger partial charge in [0.1, 0.15) is 5.75 Å². The van der Waals surface area contributed by atoms with Gasteiger partial charge in [-0.2, -0.15) is 4.31 Å². The molecule has 0 saturated carbocycles. The van der Waals surface area contributed by atoms with E-state index in [2.05, 4.69) is 5.32 Å². The second kappa shape index (κ2) is 8.56. The first-order valence-electron chi connectivity index (χ1n) is 8.04. The summed E-state index contributed by atoms with van der Waals surface area (Å²) < 4.78 is 29.6. The Hall–Kier alpha value is -3.67. The Bertz CT molecular complexity index is 1050. The number of sulfonamides is 1. The van der Waals surface area contributed by atoms with Crippen LogP contribution in [0.15, 0.2) is 42.5 Å². The lowest BCUT2D eigenvalue weighted by Gasteiger charge is -2.20. The van der Waals surface area contributed by atoms with Crippen LogP contribution in [0.4, 0.5) is 26.7 Å². The molecule has 12 heteroatoms. The summed E-state index contributed by atoms with van der Waals surface area (Å²) in [6.07, 6.45) is 0.813. The minimum absolute atomic E-state index is 0.0383. The highest BCUT2D eigenvalue weighted by molar-refractivity contribution is 7.92. The minimum Gasteiger partial charge on any atom is -0.495 e. The Kier molecular flexibility index (Phi) is 6.38. The predicted octanol–water partition coefficient (Wildman–Crippen LogP) is 2.62. The summed E-state index contributed by atoms with van der Waals surface area (Å²) in [6, 6.07) is 7.20. The third-order valence-corrected chi connectivity index (χ3v) is 4.69. The largest absolute Gasteiger partial charge is 0.495 e. The number of methoxy groups -OCH3 is 1. The summed E-state index contributed by atoms with van der Waals surface area (Å²) in [5.74, 6) is 0.108. The molecule has 0 fully saturated rings. The second-order valence-electron chi connectivity index (χ2n) is 5.89. The number of hydrogen-bond donors (Lipinski definition) is 2. The molecule has 0 heterocycles. The molecule has 0 radical (unpaired) electrons. The van der Waals surface area contributed by atoms with E-state index in [4.69, 9.17) is 4.74 Å². The highest BCUT2D eigenvalue weighted by Crippen LogP contribution is 2.28. The summed E-state index contributed by atoms with van der Waals surface area (Å²) in [6.45, 7) is 1.79. The van der Waals surface area contributed by atoms with Gasteiger partial charge < -0.3 is 10.1 Å². The number of carbonyl (C=O) groups excluding carboxylic acids is 2. The molecule has 2 aromatic carbocycles. The Labute approximate surface area is 166 Å². The molecule has 0 bridgehead atoms. The van der Waals surface area contributed by atoms with Crippen LogP contribution in [0.3, 0.4) is 0 Å². The number of non-ortho nitro benzene ring substituents is 1. The average molecular weight is 422 g/mol. The molecule has 11 nitrogen and oxygen atoms in total. The van der Waals surface area contributed by atoms with Crippen LogP contribution in [-0.4, -0.2) is 38.8 Å². The topological polar surface area (TPSA) is 148 Å². The third kappa shape index (κ3) is 5.42. The lowest BCUT2D eigenvalue weighted by molar-refractivity contribution is -0.384. The molecule has 0 unspecified atom stereocenters. The zero-order valence-corrected chi connectivity index (χ0v) is 16.5. The van der Waals surface area contributed by atoms with E-state index in [1.807, 2.05) is 5.32 Å².